The molecule has 1 saturated heterocycles. The molecule has 1 heterocycles. The van der Waals surface area contributed by atoms with Crippen LogP contribution in [0.2, 0.25) is 0 Å². The normalized spacial score (nSPS) is 15.6. The highest BCUT2D eigenvalue weighted by molar-refractivity contribution is 5.65. The zero-order valence-electron chi connectivity index (χ0n) is 15.2. The lowest BCUT2D eigenvalue weighted by atomic mass is 9.89. The van der Waals surface area contributed by atoms with Crippen molar-refractivity contribution in [3.05, 3.63) is 59.4 Å². The molecule has 1 aliphatic heterocycles. The molecule has 2 aromatic carbocycles. The van der Waals surface area contributed by atoms with Gasteiger partial charge in [0, 0.05) is 25.2 Å². The van der Waals surface area contributed by atoms with Crippen molar-refractivity contribution < 1.29 is 24.5 Å². The zero-order chi connectivity index (χ0) is 20.0. The Bertz CT molecular complexity index is 757. The number of amides is 1. The van der Waals surface area contributed by atoms with Gasteiger partial charge < -0.3 is 26.0 Å². The minimum absolute atomic E-state index is 0.0133. The lowest BCUT2D eigenvalue weighted by Gasteiger charge is -2.30. The summed E-state index contributed by atoms with van der Waals surface area (Å²) in [6.45, 7) is 2.84. The lowest BCUT2D eigenvalue weighted by Crippen LogP contribution is -2.36. The Morgan fingerprint density at radius 2 is 1.74 bits per heavy atom. The summed E-state index contributed by atoms with van der Waals surface area (Å²) in [5, 5.41) is 27.8. The summed E-state index contributed by atoms with van der Waals surface area (Å²) in [7, 11) is 0. The van der Waals surface area contributed by atoms with Crippen molar-refractivity contribution in [2.75, 3.05) is 13.1 Å². The van der Waals surface area contributed by atoms with E-state index < -0.39 is 6.09 Å². The molecule has 27 heavy (non-hydrogen) atoms. The van der Waals surface area contributed by atoms with Gasteiger partial charge in [-0.1, -0.05) is 18.2 Å². The standard InChI is InChI=1S/C12H15NO4.C8H10FN/c14-9-1-2-10(11(15)7-9)8-3-5-13(6-4-8)12(16)17;1-6(10)7-2-4-8(9)5-3-7/h1-2,7-8,14-15H,3-6H2,(H,16,17);2-6H,10H2,1H3/t;6-/m.0/s1. The third kappa shape index (κ3) is 5.86. The molecular weight excluding hydrogens is 351 g/mol. The van der Waals surface area contributed by atoms with Crippen LogP contribution in [0, 0.1) is 5.82 Å². The Hall–Kier alpha value is -2.80. The third-order valence-corrected chi connectivity index (χ3v) is 4.62. The number of carbonyl (C=O) groups is 1. The van der Waals surface area contributed by atoms with Gasteiger partial charge in [-0.05, 0) is 55.0 Å². The van der Waals surface area contributed by atoms with Crippen LogP contribution in [0.3, 0.4) is 0 Å². The number of phenols is 2. The molecule has 146 valence electrons. The minimum atomic E-state index is -0.890. The Balaban J connectivity index is 0.000000223. The Morgan fingerprint density at radius 1 is 1.15 bits per heavy atom. The van der Waals surface area contributed by atoms with Gasteiger partial charge >= 0.3 is 6.09 Å². The molecule has 0 aromatic heterocycles. The highest BCUT2D eigenvalue weighted by Gasteiger charge is 2.24. The van der Waals surface area contributed by atoms with Crippen LogP contribution in [0.25, 0.3) is 0 Å². The summed E-state index contributed by atoms with van der Waals surface area (Å²) < 4.78 is 12.3. The number of carboxylic acid groups (broad SMARTS) is 1. The van der Waals surface area contributed by atoms with Crippen LogP contribution in [0.4, 0.5) is 9.18 Å². The van der Waals surface area contributed by atoms with E-state index in [1.165, 1.54) is 23.1 Å². The van der Waals surface area contributed by atoms with Gasteiger partial charge in [0.05, 0.1) is 0 Å². The number of likely N-dealkylation sites (tertiary alicyclic amines) is 1. The summed E-state index contributed by atoms with van der Waals surface area (Å²) >= 11 is 0. The van der Waals surface area contributed by atoms with Crippen molar-refractivity contribution >= 4 is 6.09 Å². The van der Waals surface area contributed by atoms with E-state index in [9.17, 15) is 19.4 Å². The first kappa shape index (κ1) is 20.5. The lowest BCUT2D eigenvalue weighted by molar-refractivity contribution is 0.132. The second-order valence-corrected chi connectivity index (χ2v) is 6.63. The van der Waals surface area contributed by atoms with Crippen LogP contribution in [0.1, 0.15) is 42.9 Å². The molecule has 6 nitrogen and oxygen atoms in total. The number of benzene rings is 2. The molecular formula is C20H25FN2O4. The molecule has 0 aliphatic carbocycles. The average molecular weight is 376 g/mol. The second kappa shape index (κ2) is 9.23. The summed E-state index contributed by atoms with van der Waals surface area (Å²) in [6, 6.07) is 10.8. The van der Waals surface area contributed by atoms with E-state index >= 15 is 0 Å². The van der Waals surface area contributed by atoms with E-state index in [2.05, 4.69) is 0 Å². The van der Waals surface area contributed by atoms with Crippen LogP contribution in [0.15, 0.2) is 42.5 Å². The largest absolute Gasteiger partial charge is 0.508 e. The molecule has 0 unspecified atom stereocenters. The fourth-order valence-corrected chi connectivity index (χ4v) is 3.03. The molecule has 1 aliphatic rings. The zero-order valence-corrected chi connectivity index (χ0v) is 15.2. The highest BCUT2D eigenvalue weighted by Crippen LogP contribution is 2.35. The van der Waals surface area contributed by atoms with E-state index in [0.29, 0.717) is 25.9 Å². The molecule has 1 atom stereocenters. The van der Waals surface area contributed by atoms with Gasteiger partial charge in [-0.2, -0.15) is 0 Å². The van der Waals surface area contributed by atoms with Crippen molar-refractivity contribution in [3.8, 4) is 11.5 Å². The summed E-state index contributed by atoms with van der Waals surface area (Å²) in [4.78, 5) is 12.1. The highest BCUT2D eigenvalue weighted by atomic mass is 19.1. The van der Waals surface area contributed by atoms with Crippen LogP contribution in [0.5, 0.6) is 11.5 Å². The van der Waals surface area contributed by atoms with Gasteiger partial charge in [0.2, 0.25) is 0 Å². The van der Waals surface area contributed by atoms with E-state index in [-0.39, 0.29) is 29.3 Å². The molecule has 2 aromatic rings. The molecule has 0 spiro atoms. The van der Waals surface area contributed by atoms with E-state index in [4.69, 9.17) is 10.8 Å². The summed E-state index contributed by atoms with van der Waals surface area (Å²) in [5.41, 5.74) is 7.29. The van der Waals surface area contributed by atoms with Crippen LogP contribution < -0.4 is 5.73 Å². The van der Waals surface area contributed by atoms with Gasteiger partial charge in [-0.3, -0.25) is 0 Å². The maximum atomic E-state index is 12.3. The quantitative estimate of drug-likeness (QED) is 0.638. The Kier molecular flexibility index (Phi) is 7.01. The number of nitrogens with two attached hydrogens (primary N) is 1. The second-order valence-electron chi connectivity index (χ2n) is 6.63. The molecule has 0 radical (unpaired) electrons. The summed E-state index contributed by atoms with van der Waals surface area (Å²) in [5.74, 6) is 0.0589. The van der Waals surface area contributed by atoms with E-state index in [1.807, 2.05) is 6.92 Å². The predicted octanol–water partition coefficient (Wildman–Crippen LogP) is 3.80. The van der Waals surface area contributed by atoms with E-state index in [0.717, 1.165) is 11.1 Å². The number of nitrogens with zero attached hydrogens (tertiary/aromatic N) is 1. The smallest absolute Gasteiger partial charge is 0.407 e. The number of rotatable bonds is 2. The van der Waals surface area contributed by atoms with Crippen molar-refractivity contribution in [2.24, 2.45) is 5.73 Å². The predicted molar refractivity (Wildman–Crippen MR) is 100 cm³/mol. The maximum Gasteiger partial charge on any atom is 0.407 e. The molecule has 1 amide bonds. The van der Waals surface area contributed by atoms with Crippen molar-refractivity contribution in [2.45, 2.75) is 31.7 Å². The SMILES string of the molecule is C[C@H](N)c1ccc(F)cc1.O=C(O)N1CCC(c2ccc(O)cc2O)CC1. The van der Waals surface area contributed by atoms with Gasteiger partial charge in [-0.25, -0.2) is 9.18 Å². The molecule has 7 heteroatoms. The number of aromatic hydroxyl groups is 2. The van der Waals surface area contributed by atoms with Crippen LogP contribution in [-0.2, 0) is 0 Å². The number of phenolic OH excluding ortho intramolecular Hbond substituents is 2. The van der Waals surface area contributed by atoms with Crippen molar-refractivity contribution in [1.82, 2.24) is 4.90 Å². The van der Waals surface area contributed by atoms with Gasteiger partial charge in [0.1, 0.15) is 17.3 Å². The average Bonchev–Trinajstić information content (AvgIpc) is 2.63. The first-order chi connectivity index (χ1) is 12.8. The molecule has 3 rings (SSSR count). The van der Waals surface area contributed by atoms with Crippen molar-refractivity contribution in [3.63, 3.8) is 0 Å². The first-order valence-electron chi connectivity index (χ1n) is 8.78. The molecule has 0 bridgehead atoms. The maximum absolute atomic E-state index is 12.3. The Morgan fingerprint density at radius 3 is 2.22 bits per heavy atom. The van der Waals surface area contributed by atoms with Crippen LogP contribution in [-0.4, -0.2) is 39.4 Å². The van der Waals surface area contributed by atoms with Gasteiger partial charge in [-0.15, -0.1) is 0 Å². The molecule has 1 fully saturated rings. The first-order valence-corrected chi connectivity index (χ1v) is 8.78. The minimum Gasteiger partial charge on any atom is -0.508 e. The van der Waals surface area contributed by atoms with Gasteiger partial charge in [0.25, 0.3) is 0 Å². The molecule has 5 N–H and O–H groups in total. The fourth-order valence-electron chi connectivity index (χ4n) is 3.03. The topological polar surface area (TPSA) is 107 Å². The number of hydrogen-bond acceptors (Lipinski definition) is 4. The van der Waals surface area contributed by atoms with Crippen LogP contribution >= 0.6 is 0 Å². The van der Waals surface area contributed by atoms with E-state index in [1.54, 1.807) is 24.3 Å². The monoisotopic (exact) mass is 376 g/mol. The fraction of sp³-hybridized carbons (Fsp3) is 0.350. The Labute approximate surface area is 157 Å². The number of piperidine rings is 1. The number of halogens is 1. The third-order valence-electron chi connectivity index (χ3n) is 4.62. The summed E-state index contributed by atoms with van der Waals surface area (Å²) in [6.07, 6.45) is 0.508. The van der Waals surface area contributed by atoms with Gasteiger partial charge in [0.15, 0.2) is 0 Å². The number of hydrogen-bond donors (Lipinski definition) is 4. The van der Waals surface area contributed by atoms with Crippen molar-refractivity contribution in [1.29, 1.82) is 0 Å². The molecule has 0 saturated carbocycles.